The topological polar surface area (TPSA) is 65.6 Å². The van der Waals surface area contributed by atoms with E-state index in [1.54, 1.807) is 9.80 Å². The molecule has 0 aliphatic carbocycles. The predicted molar refractivity (Wildman–Crippen MR) is 118 cm³/mol. The van der Waals surface area contributed by atoms with Gasteiger partial charge in [0.15, 0.2) is 0 Å². The molecule has 6 nitrogen and oxygen atoms in total. The number of carbonyl (C=O) groups is 1. The third-order valence-corrected chi connectivity index (χ3v) is 6.42. The average molecular weight is 446 g/mol. The summed E-state index contributed by atoms with van der Waals surface area (Å²) in [6, 6.07) is 5.71. The lowest BCUT2D eigenvalue weighted by atomic mass is 9.93. The second-order valence-corrected chi connectivity index (χ2v) is 8.82. The highest BCUT2D eigenvalue weighted by Gasteiger charge is 2.30. The number of nitrogens with zero attached hydrogens (tertiary/aromatic N) is 2. The molecule has 1 amide bonds. The molecule has 1 aromatic heterocycles. The van der Waals surface area contributed by atoms with Crippen LogP contribution in [0.5, 0.6) is 5.75 Å². The molecule has 1 N–H and O–H groups in total. The summed E-state index contributed by atoms with van der Waals surface area (Å²) >= 11 is 0. The minimum atomic E-state index is -2.35. The molecule has 172 valence electrons. The molecule has 4 rings (SSSR count). The molecule has 32 heavy (non-hydrogen) atoms. The van der Waals surface area contributed by atoms with Gasteiger partial charge in [0.1, 0.15) is 11.9 Å². The van der Waals surface area contributed by atoms with Crippen LogP contribution in [0.25, 0.3) is 0 Å². The van der Waals surface area contributed by atoms with E-state index >= 15 is 0 Å². The van der Waals surface area contributed by atoms with E-state index in [1.165, 1.54) is 0 Å². The van der Waals surface area contributed by atoms with Gasteiger partial charge in [-0.05, 0) is 56.9 Å². The largest absolute Gasteiger partial charge is 0.489 e. The minimum Gasteiger partial charge on any atom is -0.489 e. The summed E-state index contributed by atoms with van der Waals surface area (Å²) in [5.74, 6) is 0.506. The van der Waals surface area contributed by atoms with Crippen LogP contribution >= 0.6 is 0 Å². The Morgan fingerprint density at radius 2 is 1.97 bits per heavy atom. The van der Waals surface area contributed by atoms with Crippen LogP contribution in [0.4, 0.5) is 8.78 Å². The van der Waals surface area contributed by atoms with Gasteiger partial charge in [-0.2, -0.15) is 0 Å². The zero-order valence-corrected chi connectivity index (χ0v) is 18.7. The highest BCUT2D eigenvalue weighted by molar-refractivity contribution is 5.98. The number of fused-ring (bicyclic) bond motifs is 1. The Balaban J connectivity index is 1.52. The number of hydrogen-bond acceptors (Lipinski definition) is 4. The molecule has 1 fully saturated rings. The average Bonchev–Trinajstić information content (AvgIpc) is 3.14. The molecule has 2 aliphatic heterocycles. The van der Waals surface area contributed by atoms with E-state index < -0.39 is 6.43 Å². The lowest BCUT2D eigenvalue weighted by Crippen LogP contribution is -2.39. The molecule has 8 heteroatoms. The van der Waals surface area contributed by atoms with Crippen LogP contribution in [-0.4, -0.2) is 59.4 Å². The van der Waals surface area contributed by atoms with E-state index in [1.807, 2.05) is 39.0 Å². The molecule has 2 aromatic rings. The van der Waals surface area contributed by atoms with E-state index in [2.05, 4.69) is 4.98 Å². The molecular formula is C24H29F2N3O3. The van der Waals surface area contributed by atoms with Crippen molar-refractivity contribution in [2.45, 2.75) is 52.7 Å². The molecule has 0 spiro atoms. The zero-order chi connectivity index (χ0) is 23.0. The van der Waals surface area contributed by atoms with Gasteiger partial charge >= 0.3 is 0 Å². The van der Waals surface area contributed by atoms with Gasteiger partial charge in [-0.1, -0.05) is 6.07 Å². The van der Waals surface area contributed by atoms with Gasteiger partial charge in [-0.3, -0.25) is 14.5 Å². The van der Waals surface area contributed by atoms with Crippen LogP contribution in [0.1, 0.15) is 44.7 Å². The van der Waals surface area contributed by atoms with Crippen molar-refractivity contribution < 1.29 is 18.3 Å². The lowest BCUT2D eigenvalue weighted by Gasteiger charge is -2.31. The second kappa shape index (κ2) is 9.02. The number of carbonyl (C=O) groups excluding carboxylic acids is 1. The maximum absolute atomic E-state index is 13.4. The number of pyridine rings is 1. The number of benzene rings is 1. The Morgan fingerprint density at radius 3 is 2.69 bits per heavy atom. The summed E-state index contributed by atoms with van der Waals surface area (Å²) in [5, 5.41) is 0. The summed E-state index contributed by atoms with van der Waals surface area (Å²) in [7, 11) is 0. The number of aryl methyl sites for hydroxylation is 2. The van der Waals surface area contributed by atoms with E-state index in [4.69, 9.17) is 4.74 Å². The SMILES string of the molecule is Cc1cc(C)c(CN2CCc3ccc(OC4CCN(CC(F)F)C4)c(C)c3C2=O)c(=O)[nH]1. The Bertz CT molecular complexity index is 1080. The monoisotopic (exact) mass is 445 g/mol. The third kappa shape index (κ3) is 4.55. The van der Waals surface area contributed by atoms with E-state index in [0.717, 1.165) is 22.4 Å². The van der Waals surface area contributed by atoms with Crippen molar-refractivity contribution in [2.24, 2.45) is 0 Å². The summed E-state index contributed by atoms with van der Waals surface area (Å²) in [6.45, 7) is 7.18. The quantitative estimate of drug-likeness (QED) is 0.742. The number of nitrogens with one attached hydrogen (secondary N) is 1. The van der Waals surface area contributed by atoms with Crippen molar-refractivity contribution in [1.29, 1.82) is 0 Å². The fourth-order valence-electron chi connectivity index (χ4n) is 4.75. The molecule has 0 saturated carbocycles. The number of likely N-dealkylation sites (tertiary alicyclic amines) is 1. The van der Waals surface area contributed by atoms with Crippen LogP contribution in [0.15, 0.2) is 23.0 Å². The van der Waals surface area contributed by atoms with E-state index in [0.29, 0.717) is 49.4 Å². The molecule has 1 unspecified atom stereocenters. The number of alkyl halides is 2. The Hall–Kier alpha value is -2.74. The lowest BCUT2D eigenvalue weighted by molar-refractivity contribution is 0.0723. The maximum atomic E-state index is 13.4. The first kappa shape index (κ1) is 22.5. The van der Waals surface area contributed by atoms with Gasteiger partial charge in [0, 0.05) is 42.0 Å². The fraction of sp³-hybridized carbons (Fsp3) is 0.500. The number of rotatable bonds is 6. The first-order chi connectivity index (χ1) is 15.2. The standard InChI is InChI=1S/C24H29F2N3O3/c1-14-10-15(2)27-23(30)19(14)12-29-9-6-17-4-5-20(16(3)22(17)24(29)31)32-18-7-8-28(11-18)13-21(25)26/h4-5,10,18,21H,6-9,11-13H2,1-3H3,(H,27,30). The van der Waals surface area contributed by atoms with Crippen LogP contribution in [0.3, 0.4) is 0 Å². The van der Waals surface area contributed by atoms with Crippen molar-refractivity contribution in [3.8, 4) is 5.75 Å². The van der Waals surface area contributed by atoms with Crippen LogP contribution < -0.4 is 10.3 Å². The molecule has 2 aliphatic rings. The maximum Gasteiger partial charge on any atom is 0.254 e. The van der Waals surface area contributed by atoms with Crippen molar-refractivity contribution in [3.63, 3.8) is 0 Å². The van der Waals surface area contributed by atoms with Gasteiger partial charge in [-0.25, -0.2) is 8.78 Å². The summed E-state index contributed by atoms with van der Waals surface area (Å²) in [5.41, 5.74) is 4.45. The van der Waals surface area contributed by atoms with Crippen molar-refractivity contribution in [2.75, 3.05) is 26.2 Å². The molecule has 3 heterocycles. The van der Waals surface area contributed by atoms with Gasteiger partial charge in [0.05, 0.1) is 13.1 Å². The minimum absolute atomic E-state index is 0.112. The smallest absolute Gasteiger partial charge is 0.254 e. The number of ether oxygens (including phenoxy) is 1. The number of amides is 1. The van der Waals surface area contributed by atoms with Crippen molar-refractivity contribution in [1.82, 2.24) is 14.8 Å². The number of aromatic amines is 1. The van der Waals surface area contributed by atoms with Gasteiger partial charge in [-0.15, -0.1) is 0 Å². The highest BCUT2D eigenvalue weighted by Crippen LogP contribution is 2.31. The number of hydrogen-bond donors (Lipinski definition) is 1. The fourth-order valence-corrected chi connectivity index (χ4v) is 4.75. The van der Waals surface area contributed by atoms with Crippen LogP contribution in [0.2, 0.25) is 0 Å². The molecule has 0 radical (unpaired) electrons. The molecule has 0 bridgehead atoms. The normalized spacial score (nSPS) is 19.0. The first-order valence-corrected chi connectivity index (χ1v) is 11.0. The Morgan fingerprint density at radius 1 is 1.19 bits per heavy atom. The van der Waals surface area contributed by atoms with Gasteiger partial charge < -0.3 is 14.6 Å². The molecule has 1 saturated heterocycles. The zero-order valence-electron chi connectivity index (χ0n) is 18.7. The number of aromatic nitrogens is 1. The number of H-pyrrole nitrogens is 1. The Labute approximate surface area is 186 Å². The first-order valence-electron chi connectivity index (χ1n) is 11.0. The van der Waals surface area contributed by atoms with Crippen LogP contribution in [0, 0.1) is 20.8 Å². The molecular weight excluding hydrogens is 416 g/mol. The molecule has 1 aromatic carbocycles. The predicted octanol–water partition coefficient (Wildman–Crippen LogP) is 3.22. The van der Waals surface area contributed by atoms with Crippen molar-refractivity contribution in [3.05, 3.63) is 62.1 Å². The summed E-state index contributed by atoms with van der Waals surface area (Å²) < 4.78 is 31.4. The number of halogens is 2. The second-order valence-electron chi connectivity index (χ2n) is 8.82. The van der Waals surface area contributed by atoms with Crippen molar-refractivity contribution >= 4 is 5.91 Å². The van der Waals surface area contributed by atoms with Gasteiger partial charge in [0.25, 0.3) is 17.9 Å². The Kier molecular flexibility index (Phi) is 6.33. The summed E-state index contributed by atoms with van der Waals surface area (Å²) in [6.07, 6.45) is -1.14. The van der Waals surface area contributed by atoms with Gasteiger partial charge in [0.2, 0.25) is 0 Å². The van der Waals surface area contributed by atoms with E-state index in [-0.39, 0.29) is 30.7 Å². The van der Waals surface area contributed by atoms with E-state index in [9.17, 15) is 18.4 Å². The molecule has 1 atom stereocenters. The highest BCUT2D eigenvalue weighted by atomic mass is 19.3. The summed E-state index contributed by atoms with van der Waals surface area (Å²) in [4.78, 5) is 32.0. The van der Waals surface area contributed by atoms with Crippen LogP contribution in [-0.2, 0) is 13.0 Å². The third-order valence-electron chi connectivity index (χ3n) is 6.42.